The average Bonchev–Trinajstić information content (AvgIpc) is 2.36. The van der Waals surface area contributed by atoms with Gasteiger partial charge in [-0.1, -0.05) is 23.7 Å². The first-order valence-corrected chi connectivity index (χ1v) is 8.82. The normalized spacial score (nSPS) is 24.0. The largest absolute Gasteiger partial charge is 0.319 e. The number of halogens is 1. The Hall–Kier alpha value is -0.580. The summed E-state index contributed by atoms with van der Waals surface area (Å²) in [6, 6.07) is 7.75. The summed E-state index contributed by atoms with van der Waals surface area (Å²) in [6.07, 6.45) is 1.76. The minimum Gasteiger partial charge on any atom is -0.319 e. The third-order valence-electron chi connectivity index (χ3n) is 3.79. The van der Waals surface area contributed by atoms with E-state index in [4.69, 9.17) is 11.6 Å². The Morgan fingerprint density at radius 2 is 2.05 bits per heavy atom. The van der Waals surface area contributed by atoms with Crippen LogP contribution in [0.3, 0.4) is 0 Å². The summed E-state index contributed by atoms with van der Waals surface area (Å²) in [6.45, 7) is 0.793. The van der Waals surface area contributed by atoms with Crippen LogP contribution in [-0.4, -0.2) is 33.5 Å². The molecule has 1 fully saturated rings. The molecule has 2 rings (SSSR count). The molecule has 106 valence electrons. The summed E-state index contributed by atoms with van der Waals surface area (Å²) in [4.78, 5) is 0. The van der Waals surface area contributed by atoms with Crippen molar-refractivity contribution in [1.29, 1.82) is 0 Å². The summed E-state index contributed by atoms with van der Waals surface area (Å²) in [5, 5.41) is 3.89. The van der Waals surface area contributed by atoms with E-state index in [1.54, 1.807) is 0 Å². The third kappa shape index (κ3) is 3.94. The minimum absolute atomic E-state index is 0.201. The van der Waals surface area contributed by atoms with Crippen molar-refractivity contribution in [3.63, 3.8) is 0 Å². The van der Waals surface area contributed by atoms with Gasteiger partial charge in [0.05, 0.1) is 11.5 Å². The second-order valence-electron chi connectivity index (χ2n) is 5.23. The molecule has 1 aliphatic heterocycles. The molecule has 0 aliphatic carbocycles. The second kappa shape index (κ2) is 6.25. The van der Waals surface area contributed by atoms with Gasteiger partial charge in [0, 0.05) is 17.5 Å². The maximum absolute atomic E-state index is 11.8. The average molecular weight is 302 g/mol. The number of nitrogens with one attached hydrogen (secondary N) is 1. The highest BCUT2D eigenvalue weighted by molar-refractivity contribution is 7.91. The first-order valence-electron chi connectivity index (χ1n) is 6.62. The summed E-state index contributed by atoms with van der Waals surface area (Å²) < 4.78 is 23.6. The Morgan fingerprint density at radius 1 is 1.37 bits per heavy atom. The number of sulfone groups is 1. The second-order valence-corrected chi connectivity index (χ2v) is 7.90. The summed E-state index contributed by atoms with van der Waals surface area (Å²) in [5.74, 6) is 1.09. The van der Waals surface area contributed by atoms with Gasteiger partial charge in [-0.15, -0.1) is 0 Å². The third-order valence-corrected chi connectivity index (χ3v) is 5.89. The molecule has 1 saturated heterocycles. The molecule has 1 aliphatic rings. The van der Waals surface area contributed by atoms with Crippen LogP contribution in [0.15, 0.2) is 24.3 Å². The Bertz CT molecular complexity index is 513. The fourth-order valence-electron chi connectivity index (χ4n) is 2.86. The molecule has 2 atom stereocenters. The van der Waals surface area contributed by atoms with Crippen LogP contribution >= 0.6 is 11.6 Å². The lowest BCUT2D eigenvalue weighted by atomic mass is 9.84. The lowest BCUT2D eigenvalue weighted by Gasteiger charge is -2.30. The van der Waals surface area contributed by atoms with Crippen molar-refractivity contribution in [3.05, 3.63) is 34.9 Å². The molecule has 0 amide bonds. The van der Waals surface area contributed by atoms with E-state index in [0.717, 1.165) is 19.4 Å². The summed E-state index contributed by atoms with van der Waals surface area (Å²) >= 11 is 5.91. The Morgan fingerprint density at radius 3 is 2.63 bits per heavy atom. The lowest BCUT2D eigenvalue weighted by Crippen LogP contribution is -2.33. The van der Waals surface area contributed by atoms with Gasteiger partial charge in [0.1, 0.15) is 0 Å². The molecule has 19 heavy (non-hydrogen) atoms. The Kier molecular flexibility index (Phi) is 4.87. The predicted molar refractivity (Wildman–Crippen MR) is 79.5 cm³/mol. The van der Waals surface area contributed by atoms with E-state index in [2.05, 4.69) is 5.32 Å². The lowest BCUT2D eigenvalue weighted by molar-refractivity contribution is 0.398. The van der Waals surface area contributed by atoms with Crippen LogP contribution in [-0.2, 0) is 9.84 Å². The fourth-order valence-corrected chi connectivity index (χ4v) is 4.81. The van der Waals surface area contributed by atoms with Gasteiger partial charge in [-0.2, -0.15) is 0 Å². The van der Waals surface area contributed by atoms with Crippen LogP contribution in [0.25, 0.3) is 0 Å². The van der Waals surface area contributed by atoms with Crippen LogP contribution in [0.5, 0.6) is 0 Å². The molecular formula is C14H20ClNO2S. The van der Waals surface area contributed by atoms with E-state index < -0.39 is 9.84 Å². The molecule has 0 saturated carbocycles. The Balaban J connectivity index is 2.22. The standard InChI is InChI=1S/C14H20ClNO2S/c1-16-9-14(11-4-6-13(15)7-5-11)12-3-2-8-19(17,18)10-12/h4-7,12,14,16H,2-3,8-10H2,1H3. The molecule has 0 aromatic heterocycles. The van der Waals surface area contributed by atoms with Crippen molar-refractivity contribution in [3.8, 4) is 0 Å². The first kappa shape index (κ1) is 14.8. The number of rotatable bonds is 4. The molecule has 1 N–H and O–H groups in total. The van der Waals surface area contributed by atoms with Gasteiger partial charge in [-0.3, -0.25) is 0 Å². The summed E-state index contributed by atoms with van der Waals surface area (Å²) in [7, 11) is -0.962. The van der Waals surface area contributed by atoms with Crippen molar-refractivity contribution in [2.45, 2.75) is 18.8 Å². The fraction of sp³-hybridized carbons (Fsp3) is 0.571. The van der Waals surface area contributed by atoms with Crippen LogP contribution in [0.1, 0.15) is 24.3 Å². The highest BCUT2D eigenvalue weighted by atomic mass is 35.5. The number of hydrogen-bond donors (Lipinski definition) is 1. The van der Waals surface area contributed by atoms with Crippen molar-refractivity contribution < 1.29 is 8.42 Å². The first-order chi connectivity index (χ1) is 9.02. The van der Waals surface area contributed by atoms with Gasteiger partial charge >= 0.3 is 0 Å². The van der Waals surface area contributed by atoms with Crippen LogP contribution in [0.4, 0.5) is 0 Å². The molecule has 1 heterocycles. The van der Waals surface area contributed by atoms with Gasteiger partial charge in [0.2, 0.25) is 0 Å². The maximum atomic E-state index is 11.8. The van der Waals surface area contributed by atoms with E-state index in [1.165, 1.54) is 5.56 Å². The predicted octanol–water partition coefficient (Wildman–Crippen LogP) is 2.47. The molecule has 0 spiro atoms. The van der Waals surface area contributed by atoms with Crippen molar-refractivity contribution in [1.82, 2.24) is 5.32 Å². The SMILES string of the molecule is CNCC(c1ccc(Cl)cc1)C1CCCS(=O)(=O)C1. The molecule has 5 heteroatoms. The number of hydrogen-bond acceptors (Lipinski definition) is 3. The smallest absolute Gasteiger partial charge is 0.150 e. The number of benzene rings is 1. The van der Waals surface area contributed by atoms with Crippen LogP contribution in [0.2, 0.25) is 5.02 Å². The van der Waals surface area contributed by atoms with Crippen molar-refractivity contribution in [2.24, 2.45) is 5.92 Å². The molecule has 0 bridgehead atoms. The van der Waals surface area contributed by atoms with Gasteiger partial charge < -0.3 is 5.32 Å². The van der Waals surface area contributed by atoms with Gasteiger partial charge in [-0.25, -0.2) is 8.42 Å². The zero-order valence-electron chi connectivity index (χ0n) is 11.1. The van der Waals surface area contributed by atoms with Gasteiger partial charge in [-0.05, 0) is 43.5 Å². The van der Waals surface area contributed by atoms with E-state index in [9.17, 15) is 8.42 Å². The maximum Gasteiger partial charge on any atom is 0.150 e. The van der Waals surface area contributed by atoms with E-state index >= 15 is 0 Å². The van der Waals surface area contributed by atoms with E-state index in [0.29, 0.717) is 16.5 Å². The number of likely N-dealkylation sites (N-methyl/N-ethyl adjacent to an activating group) is 1. The summed E-state index contributed by atoms with van der Waals surface area (Å²) in [5.41, 5.74) is 1.17. The van der Waals surface area contributed by atoms with Crippen LogP contribution in [0, 0.1) is 5.92 Å². The molecule has 1 aromatic carbocycles. The highest BCUT2D eigenvalue weighted by Crippen LogP contribution is 2.32. The zero-order chi connectivity index (χ0) is 13.9. The monoisotopic (exact) mass is 301 g/mol. The minimum atomic E-state index is -2.87. The van der Waals surface area contributed by atoms with Crippen molar-refractivity contribution >= 4 is 21.4 Å². The molecule has 2 unspecified atom stereocenters. The van der Waals surface area contributed by atoms with E-state index in [1.807, 2.05) is 31.3 Å². The van der Waals surface area contributed by atoms with Crippen molar-refractivity contribution in [2.75, 3.05) is 25.1 Å². The highest BCUT2D eigenvalue weighted by Gasteiger charge is 2.31. The Labute approximate surface area is 120 Å². The van der Waals surface area contributed by atoms with E-state index in [-0.39, 0.29) is 11.8 Å². The van der Waals surface area contributed by atoms with Crippen LogP contribution < -0.4 is 5.32 Å². The molecule has 3 nitrogen and oxygen atoms in total. The zero-order valence-corrected chi connectivity index (χ0v) is 12.7. The topological polar surface area (TPSA) is 46.2 Å². The molecular weight excluding hydrogens is 282 g/mol. The molecule has 1 aromatic rings. The van der Waals surface area contributed by atoms with Gasteiger partial charge in [0.25, 0.3) is 0 Å². The molecule has 0 radical (unpaired) electrons. The van der Waals surface area contributed by atoms with Gasteiger partial charge in [0.15, 0.2) is 9.84 Å². The quantitative estimate of drug-likeness (QED) is 0.929.